The number of carboxylic acid groups (broad SMARTS) is 1. The minimum absolute atomic E-state index is 0.167. The van der Waals surface area contributed by atoms with Crippen LogP contribution in [0, 0.1) is 0 Å². The molecule has 2 aromatic carbocycles. The number of hydrogen-bond acceptors (Lipinski definition) is 5. The average molecular weight is 458 g/mol. The van der Waals surface area contributed by atoms with Gasteiger partial charge in [-0.1, -0.05) is 35.9 Å². The molecule has 2 N–H and O–H groups in total. The molecule has 0 radical (unpaired) electrons. The summed E-state index contributed by atoms with van der Waals surface area (Å²) in [7, 11) is 1.56. The van der Waals surface area contributed by atoms with E-state index in [9.17, 15) is 14.7 Å². The van der Waals surface area contributed by atoms with Crippen LogP contribution in [0.25, 0.3) is 11.1 Å². The van der Waals surface area contributed by atoms with E-state index in [1.807, 2.05) is 19.1 Å². The normalized spacial score (nSPS) is 15.2. The highest BCUT2D eigenvalue weighted by molar-refractivity contribution is 7.15. The molecule has 0 unspecified atom stereocenters. The molecule has 31 heavy (non-hydrogen) atoms. The van der Waals surface area contributed by atoms with Gasteiger partial charge in [-0.25, -0.2) is 4.79 Å². The molecule has 1 aliphatic heterocycles. The molecular weight excluding hydrogens is 438 g/mol. The number of halogens is 1. The second-order valence-corrected chi connectivity index (χ2v) is 8.46. The lowest BCUT2D eigenvalue weighted by molar-refractivity contribution is -0.116. The minimum Gasteiger partial charge on any atom is -0.493 e. The summed E-state index contributed by atoms with van der Waals surface area (Å²) in [5, 5.41) is 13.3. The maximum atomic E-state index is 12.7. The van der Waals surface area contributed by atoms with Crippen molar-refractivity contribution >= 4 is 40.5 Å². The van der Waals surface area contributed by atoms with Gasteiger partial charge < -0.3 is 19.9 Å². The standard InChI is InChI=1S/C23H20ClNO5S/c1-3-30-20-14(5-4-6-16(20)29-2)15-11-17(26)25-19-18(12-7-9-13(24)10-8-12)22(23(27)28)31-21(15)19/h4-10,15H,3,11H2,1-2H3,(H,25,26)(H,27,28)/t15-/m0/s1. The van der Waals surface area contributed by atoms with Crippen LogP contribution in [0.4, 0.5) is 5.69 Å². The molecule has 8 heteroatoms. The van der Waals surface area contributed by atoms with Crippen molar-refractivity contribution in [3.63, 3.8) is 0 Å². The molecule has 1 amide bonds. The minimum atomic E-state index is -1.05. The van der Waals surface area contributed by atoms with E-state index < -0.39 is 5.97 Å². The summed E-state index contributed by atoms with van der Waals surface area (Å²) in [4.78, 5) is 25.7. The quantitative estimate of drug-likeness (QED) is 0.499. The molecule has 1 atom stereocenters. The smallest absolute Gasteiger partial charge is 0.346 e. The maximum Gasteiger partial charge on any atom is 0.346 e. The fourth-order valence-electron chi connectivity index (χ4n) is 3.85. The lowest BCUT2D eigenvalue weighted by Crippen LogP contribution is -2.23. The van der Waals surface area contributed by atoms with Crippen molar-refractivity contribution < 1.29 is 24.2 Å². The van der Waals surface area contributed by atoms with Crippen LogP contribution in [-0.2, 0) is 4.79 Å². The number of thiophene rings is 1. The van der Waals surface area contributed by atoms with Crippen molar-refractivity contribution in [1.29, 1.82) is 0 Å². The number of carboxylic acids is 1. The number of anilines is 1. The third kappa shape index (κ3) is 3.86. The highest BCUT2D eigenvalue weighted by atomic mass is 35.5. The summed E-state index contributed by atoms with van der Waals surface area (Å²) in [5.74, 6) is -0.457. The number of methoxy groups -OCH3 is 1. The maximum absolute atomic E-state index is 12.7. The van der Waals surface area contributed by atoms with Crippen molar-refractivity contribution in [3.8, 4) is 22.6 Å². The summed E-state index contributed by atoms with van der Waals surface area (Å²) in [6.07, 6.45) is 0.180. The van der Waals surface area contributed by atoms with Gasteiger partial charge in [-0.3, -0.25) is 4.79 Å². The summed E-state index contributed by atoms with van der Waals surface area (Å²) in [6, 6.07) is 12.4. The molecule has 0 bridgehead atoms. The summed E-state index contributed by atoms with van der Waals surface area (Å²) < 4.78 is 11.3. The monoisotopic (exact) mass is 457 g/mol. The Morgan fingerprint density at radius 1 is 1.26 bits per heavy atom. The predicted octanol–water partition coefficient (Wildman–Crippen LogP) is 5.65. The van der Waals surface area contributed by atoms with Gasteiger partial charge in [0.05, 0.1) is 19.4 Å². The zero-order chi connectivity index (χ0) is 22.1. The Bertz CT molecular complexity index is 1160. The van der Waals surface area contributed by atoms with Gasteiger partial charge in [-0.05, 0) is 30.7 Å². The second kappa shape index (κ2) is 8.61. The number of fused-ring (bicyclic) bond motifs is 1. The summed E-state index contributed by atoms with van der Waals surface area (Å²) in [6.45, 7) is 2.31. The third-order valence-corrected chi connectivity index (χ3v) is 6.67. The Labute approximate surface area is 188 Å². The van der Waals surface area contributed by atoms with Gasteiger partial charge in [-0.2, -0.15) is 0 Å². The molecule has 0 saturated heterocycles. The van der Waals surface area contributed by atoms with Crippen molar-refractivity contribution in [2.45, 2.75) is 19.3 Å². The topological polar surface area (TPSA) is 84.9 Å². The Balaban J connectivity index is 1.94. The number of ether oxygens (including phenoxy) is 2. The molecule has 0 aliphatic carbocycles. The molecule has 0 saturated carbocycles. The summed E-state index contributed by atoms with van der Waals surface area (Å²) in [5.41, 5.74) is 2.48. The molecule has 160 valence electrons. The number of amides is 1. The molecule has 1 aromatic heterocycles. The number of nitrogens with one attached hydrogen (secondary N) is 1. The van der Waals surface area contributed by atoms with E-state index in [0.717, 1.165) is 10.4 Å². The van der Waals surface area contributed by atoms with E-state index in [1.165, 1.54) is 11.3 Å². The van der Waals surface area contributed by atoms with Gasteiger partial charge in [0.2, 0.25) is 5.91 Å². The molecule has 1 aliphatic rings. The van der Waals surface area contributed by atoms with Crippen LogP contribution in [0.3, 0.4) is 0 Å². The lowest BCUT2D eigenvalue weighted by Gasteiger charge is -2.26. The van der Waals surface area contributed by atoms with Crippen molar-refractivity contribution in [3.05, 3.63) is 62.8 Å². The third-order valence-electron chi connectivity index (χ3n) is 5.13. The Hall–Kier alpha value is -3.03. The SMILES string of the molecule is CCOc1c(OC)cccc1[C@@H]1CC(=O)Nc2c1sc(C(=O)O)c2-c1ccc(Cl)cc1. The van der Waals surface area contributed by atoms with E-state index in [4.69, 9.17) is 21.1 Å². The first-order valence-corrected chi connectivity index (χ1v) is 10.9. The van der Waals surface area contributed by atoms with Crippen LogP contribution < -0.4 is 14.8 Å². The zero-order valence-electron chi connectivity index (χ0n) is 16.9. The van der Waals surface area contributed by atoms with Crippen molar-refractivity contribution in [1.82, 2.24) is 0 Å². The van der Waals surface area contributed by atoms with Crippen LogP contribution in [-0.4, -0.2) is 30.7 Å². The van der Waals surface area contributed by atoms with Crippen molar-refractivity contribution in [2.75, 3.05) is 19.0 Å². The number of hydrogen-bond donors (Lipinski definition) is 2. The van der Waals surface area contributed by atoms with Crippen LogP contribution >= 0.6 is 22.9 Å². The molecule has 3 aromatic rings. The van der Waals surface area contributed by atoms with E-state index in [1.54, 1.807) is 37.4 Å². The second-order valence-electron chi connectivity index (χ2n) is 6.97. The number of aromatic carboxylic acids is 1. The molecule has 2 heterocycles. The van der Waals surface area contributed by atoms with E-state index >= 15 is 0 Å². The Morgan fingerprint density at radius 3 is 2.65 bits per heavy atom. The van der Waals surface area contributed by atoms with E-state index in [0.29, 0.717) is 39.9 Å². The zero-order valence-corrected chi connectivity index (χ0v) is 18.5. The predicted molar refractivity (Wildman–Crippen MR) is 121 cm³/mol. The van der Waals surface area contributed by atoms with Gasteiger partial charge in [0.25, 0.3) is 0 Å². The van der Waals surface area contributed by atoms with Gasteiger partial charge in [0, 0.05) is 33.4 Å². The fraction of sp³-hybridized carbons (Fsp3) is 0.217. The molecule has 6 nitrogen and oxygen atoms in total. The fourth-order valence-corrected chi connectivity index (χ4v) is 5.21. The van der Waals surface area contributed by atoms with Crippen LogP contribution in [0.5, 0.6) is 11.5 Å². The first-order valence-electron chi connectivity index (χ1n) is 9.70. The molecule has 0 fully saturated rings. The van der Waals surface area contributed by atoms with Crippen LogP contribution in [0.1, 0.15) is 39.4 Å². The van der Waals surface area contributed by atoms with Crippen molar-refractivity contribution in [2.24, 2.45) is 0 Å². The number of benzene rings is 2. The first kappa shape index (κ1) is 21.2. The largest absolute Gasteiger partial charge is 0.493 e. The van der Waals surface area contributed by atoms with Gasteiger partial charge in [-0.15, -0.1) is 11.3 Å². The highest BCUT2D eigenvalue weighted by Crippen LogP contribution is 2.51. The number of rotatable bonds is 6. The molecule has 0 spiro atoms. The first-order chi connectivity index (χ1) is 14.9. The Kier molecular flexibility index (Phi) is 5.89. The van der Waals surface area contributed by atoms with E-state index in [-0.39, 0.29) is 23.1 Å². The number of carbonyl (C=O) groups excluding carboxylic acids is 1. The van der Waals surface area contributed by atoms with E-state index in [2.05, 4.69) is 5.32 Å². The number of para-hydroxylation sites is 1. The van der Waals surface area contributed by atoms with Crippen LogP contribution in [0.2, 0.25) is 5.02 Å². The van der Waals surface area contributed by atoms with Crippen LogP contribution in [0.15, 0.2) is 42.5 Å². The summed E-state index contributed by atoms with van der Waals surface area (Å²) >= 11 is 7.18. The van der Waals surface area contributed by atoms with Gasteiger partial charge in [0.1, 0.15) is 4.88 Å². The Morgan fingerprint density at radius 2 is 2.00 bits per heavy atom. The van der Waals surface area contributed by atoms with Gasteiger partial charge >= 0.3 is 5.97 Å². The lowest BCUT2D eigenvalue weighted by atomic mass is 9.88. The highest BCUT2D eigenvalue weighted by Gasteiger charge is 2.36. The number of carbonyl (C=O) groups is 2. The average Bonchev–Trinajstić information content (AvgIpc) is 3.14. The van der Waals surface area contributed by atoms with Gasteiger partial charge in [0.15, 0.2) is 11.5 Å². The molecule has 4 rings (SSSR count). The molecular formula is C23H20ClNO5S.